The molecule has 0 bridgehead atoms. The molecular formula is C11H18N2O3. The Morgan fingerprint density at radius 2 is 2.25 bits per heavy atom. The van der Waals surface area contributed by atoms with E-state index in [0.29, 0.717) is 17.9 Å². The van der Waals surface area contributed by atoms with Crippen molar-refractivity contribution in [3.63, 3.8) is 0 Å². The van der Waals surface area contributed by atoms with Crippen LogP contribution in [0.25, 0.3) is 0 Å². The van der Waals surface area contributed by atoms with Crippen LogP contribution >= 0.6 is 0 Å². The first kappa shape index (κ1) is 12.7. The molecule has 90 valence electrons. The van der Waals surface area contributed by atoms with Gasteiger partial charge in [0.2, 0.25) is 5.78 Å². The lowest BCUT2D eigenvalue weighted by Gasteiger charge is -2.13. The van der Waals surface area contributed by atoms with Crippen LogP contribution in [0.15, 0.2) is 6.20 Å². The fraction of sp³-hybridized carbons (Fsp3) is 0.636. The lowest BCUT2D eigenvalue weighted by atomic mass is 10.1. The van der Waals surface area contributed by atoms with Crippen LogP contribution in [0.2, 0.25) is 0 Å². The number of nitrogens with zero attached hydrogens (tertiary/aromatic N) is 2. The van der Waals surface area contributed by atoms with Gasteiger partial charge in [0, 0.05) is 14.2 Å². The number of aryl methyl sites for hydroxylation is 1. The smallest absolute Gasteiger partial charge is 0.213 e. The number of hydrogen-bond donors (Lipinski definition) is 0. The number of carbonyl (C=O) groups excluding carboxylic acids is 1. The summed E-state index contributed by atoms with van der Waals surface area (Å²) >= 11 is 0. The topological polar surface area (TPSA) is 53.4 Å². The van der Waals surface area contributed by atoms with Crippen molar-refractivity contribution < 1.29 is 14.3 Å². The number of hydrogen-bond acceptors (Lipinski definition) is 4. The quantitative estimate of drug-likeness (QED) is 0.688. The van der Waals surface area contributed by atoms with Gasteiger partial charge >= 0.3 is 0 Å². The molecule has 0 aliphatic heterocycles. The minimum Gasteiger partial charge on any atom is -0.493 e. The Hall–Kier alpha value is -1.36. The number of Topliss-reactive ketones (excluding diaryl/α,β-unsaturated/α-hetero) is 1. The molecule has 1 atom stereocenters. The van der Waals surface area contributed by atoms with Gasteiger partial charge in [0.1, 0.15) is 11.8 Å². The summed E-state index contributed by atoms with van der Waals surface area (Å²) in [5.41, 5.74) is 0.461. The van der Waals surface area contributed by atoms with E-state index in [1.165, 1.54) is 18.0 Å². The van der Waals surface area contributed by atoms with E-state index < -0.39 is 6.10 Å². The second-order valence-electron chi connectivity index (χ2n) is 3.56. The summed E-state index contributed by atoms with van der Waals surface area (Å²) in [6.07, 6.45) is 2.70. The zero-order valence-corrected chi connectivity index (χ0v) is 10.2. The Bertz CT molecular complexity index is 360. The SMILES string of the molecule is CCCC(OC)C(=O)c1c(OC)cnn1C. The molecule has 5 heteroatoms. The molecule has 1 unspecified atom stereocenters. The van der Waals surface area contributed by atoms with Crippen LogP contribution in [0.4, 0.5) is 0 Å². The van der Waals surface area contributed by atoms with E-state index >= 15 is 0 Å². The van der Waals surface area contributed by atoms with Gasteiger partial charge in [-0.05, 0) is 6.42 Å². The monoisotopic (exact) mass is 226 g/mol. The third-order valence-corrected chi connectivity index (χ3v) is 2.49. The average Bonchev–Trinajstić information content (AvgIpc) is 2.66. The molecule has 0 N–H and O–H groups in total. The summed E-state index contributed by atoms with van der Waals surface area (Å²) in [4.78, 5) is 12.2. The molecule has 0 spiro atoms. The Kier molecular flexibility index (Phi) is 4.49. The number of carbonyl (C=O) groups is 1. The highest BCUT2D eigenvalue weighted by Crippen LogP contribution is 2.20. The molecule has 1 rings (SSSR count). The van der Waals surface area contributed by atoms with Crippen LogP contribution in [0.1, 0.15) is 30.3 Å². The molecule has 0 aromatic carbocycles. The van der Waals surface area contributed by atoms with E-state index in [1.54, 1.807) is 14.2 Å². The first-order valence-corrected chi connectivity index (χ1v) is 5.28. The minimum atomic E-state index is -0.422. The molecule has 0 aliphatic rings. The first-order chi connectivity index (χ1) is 7.65. The fourth-order valence-corrected chi connectivity index (χ4v) is 1.62. The Labute approximate surface area is 95.3 Å². The molecule has 16 heavy (non-hydrogen) atoms. The number of ether oxygens (including phenoxy) is 2. The van der Waals surface area contributed by atoms with Crippen molar-refractivity contribution in [2.75, 3.05) is 14.2 Å². The van der Waals surface area contributed by atoms with Gasteiger partial charge < -0.3 is 9.47 Å². The maximum absolute atomic E-state index is 12.2. The third-order valence-electron chi connectivity index (χ3n) is 2.49. The Morgan fingerprint density at radius 1 is 1.56 bits per heavy atom. The van der Waals surface area contributed by atoms with Gasteiger partial charge in [-0.25, -0.2) is 0 Å². The molecule has 0 saturated heterocycles. The molecular weight excluding hydrogens is 208 g/mol. The van der Waals surface area contributed by atoms with Crippen LogP contribution < -0.4 is 4.74 Å². The Morgan fingerprint density at radius 3 is 2.75 bits per heavy atom. The maximum Gasteiger partial charge on any atom is 0.213 e. The first-order valence-electron chi connectivity index (χ1n) is 5.28. The van der Waals surface area contributed by atoms with E-state index in [2.05, 4.69) is 5.10 Å². The van der Waals surface area contributed by atoms with Crippen molar-refractivity contribution in [2.45, 2.75) is 25.9 Å². The molecule has 1 aromatic rings. The minimum absolute atomic E-state index is 0.0822. The number of rotatable bonds is 6. The zero-order valence-electron chi connectivity index (χ0n) is 10.2. The molecule has 1 heterocycles. The summed E-state index contributed by atoms with van der Waals surface area (Å²) in [6.45, 7) is 2.01. The highest BCUT2D eigenvalue weighted by Gasteiger charge is 2.25. The number of ketones is 1. The summed E-state index contributed by atoms with van der Waals surface area (Å²) in [7, 11) is 4.78. The summed E-state index contributed by atoms with van der Waals surface area (Å²) in [5.74, 6) is 0.409. The van der Waals surface area contributed by atoms with E-state index in [-0.39, 0.29) is 5.78 Å². The Balaban J connectivity index is 2.97. The second kappa shape index (κ2) is 5.65. The van der Waals surface area contributed by atoms with Crippen LogP contribution in [-0.4, -0.2) is 35.9 Å². The van der Waals surface area contributed by atoms with Crippen molar-refractivity contribution >= 4 is 5.78 Å². The van der Waals surface area contributed by atoms with Crippen molar-refractivity contribution in [3.8, 4) is 5.75 Å². The highest BCUT2D eigenvalue weighted by molar-refractivity contribution is 6.00. The van der Waals surface area contributed by atoms with Gasteiger partial charge in [0.05, 0.1) is 13.3 Å². The van der Waals surface area contributed by atoms with E-state index in [1.807, 2.05) is 6.92 Å². The normalized spacial score (nSPS) is 12.5. The van der Waals surface area contributed by atoms with Gasteiger partial charge in [-0.2, -0.15) is 5.10 Å². The molecule has 0 radical (unpaired) electrons. The van der Waals surface area contributed by atoms with Crippen LogP contribution in [0, 0.1) is 0 Å². The van der Waals surface area contributed by atoms with Crippen LogP contribution in [-0.2, 0) is 11.8 Å². The highest BCUT2D eigenvalue weighted by atomic mass is 16.5. The van der Waals surface area contributed by atoms with Gasteiger partial charge in [0.25, 0.3) is 0 Å². The van der Waals surface area contributed by atoms with E-state index in [0.717, 1.165) is 6.42 Å². The molecule has 1 aromatic heterocycles. The number of aromatic nitrogens is 2. The average molecular weight is 226 g/mol. The van der Waals surface area contributed by atoms with Gasteiger partial charge in [-0.3, -0.25) is 9.48 Å². The molecule has 0 saturated carbocycles. The maximum atomic E-state index is 12.2. The van der Waals surface area contributed by atoms with Crippen molar-refractivity contribution in [3.05, 3.63) is 11.9 Å². The van der Waals surface area contributed by atoms with Gasteiger partial charge in [0.15, 0.2) is 5.75 Å². The van der Waals surface area contributed by atoms with Gasteiger partial charge in [-0.1, -0.05) is 13.3 Å². The zero-order chi connectivity index (χ0) is 12.1. The lowest BCUT2D eigenvalue weighted by Crippen LogP contribution is -2.25. The fourth-order valence-electron chi connectivity index (χ4n) is 1.62. The largest absolute Gasteiger partial charge is 0.493 e. The van der Waals surface area contributed by atoms with Crippen molar-refractivity contribution in [2.24, 2.45) is 7.05 Å². The molecule has 0 amide bonds. The standard InChI is InChI=1S/C11H18N2O3/c1-5-6-8(15-3)11(14)10-9(16-4)7-12-13(10)2/h7-8H,5-6H2,1-4H3. The predicted octanol–water partition coefficient (Wildman–Crippen LogP) is 1.43. The van der Waals surface area contributed by atoms with Gasteiger partial charge in [-0.15, -0.1) is 0 Å². The summed E-state index contributed by atoms with van der Waals surface area (Å²) in [5, 5.41) is 4.00. The predicted molar refractivity (Wildman–Crippen MR) is 59.8 cm³/mol. The molecule has 5 nitrogen and oxygen atoms in total. The summed E-state index contributed by atoms with van der Waals surface area (Å²) in [6, 6.07) is 0. The second-order valence-corrected chi connectivity index (χ2v) is 3.56. The van der Waals surface area contributed by atoms with Crippen LogP contribution in [0.5, 0.6) is 5.75 Å². The van der Waals surface area contributed by atoms with Crippen LogP contribution in [0.3, 0.4) is 0 Å². The summed E-state index contributed by atoms with van der Waals surface area (Å²) < 4.78 is 11.8. The van der Waals surface area contributed by atoms with Crippen molar-refractivity contribution in [1.29, 1.82) is 0 Å². The van der Waals surface area contributed by atoms with E-state index in [9.17, 15) is 4.79 Å². The number of methoxy groups -OCH3 is 2. The molecule has 0 aliphatic carbocycles. The molecule has 0 fully saturated rings. The lowest BCUT2D eigenvalue weighted by molar-refractivity contribution is 0.0566. The van der Waals surface area contributed by atoms with E-state index in [4.69, 9.17) is 9.47 Å². The third kappa shape index (κ3) is 2.41. The van der Waals surface area contributed by atoms with Crippen molar-refractivity contribution in [1.82, 2.24) is 9.78 Å².